The molecule has 148 valence electrons. The molecule has 0 bridgehead atoms. The van der Waals surface area contributed by atoms with Crippen LogP contribution < -0.4 is 19.7 Å². The molecule has 1 N–H and O–H groups in total. The van der Waals surface area contributed by atoms with Crippen LogP contribution in [-0.2, 0) is 4.79 Å². The second-order valence-corrected chi connectivity index (χ2v) is 8.24. The highest BCUT2D eigenvalue weighted by Crippen LogP contribution is 2.34. The minimum Gasteiger partial charge on any atom is -0.490 e. The van der Waals surface area contributed by atoms with Crippen molar-refractivity contribution in [3.63, 3.8) is 0 Å². The standard InChI is InChI=1S/C22H26N2O3S/c1-16-13-17(24-9-2-3-10-24)5-7-19(16)23-22(25)15-28-18-6-8-20-21(14-18)27-12-4-11-26-20/h5-8,13-14H,2-4,9-12,15H2,1H3,(H,23,25). The number of fused-ring (bicyclic) bond motifs is 1. The van der Waals surface area contributed by atoms with Crippen LogP contribution >= 0.6 is 11.8 Å². The molecule has 2 heterocycles. The zero-order chi connectivity index (χ0) is 19.3. The topological polar surface area (TPSA) is 50.8 Å². The molecule has 0 saturated carbocycles. The SMILES string of the molecule is Cc1cc(N2CCCC2)ccc1NC(=O)CSc1ccc2c(c1)OCCCO2. The zero-order valence-corrected chi connectivity index (χ0v) is 17.0. The van der Waals surface area contributed by atoms with Gasteiger partial charge in [0.15, 0.2) is 11.5 Å². The lowest BCUT2D eigenvalue weighted by molar-refractivity contribution is -0.113. The summed E-state index contributed by atoms with van der Waals surface area (Å²) in [5.74, 6) is 1.89. The summed E-state index contributed by atoms with van der Waals surface area (Å²) in [5.41, 5.74) is 3.22. The van der Waals surface area contributed by atoms with E-state index in [0.29, 0.717) is 19.0 Å². The number of rotatable bonds is 5. The molecule has 4 rings (SSSR count). The van der Waals surface area contributed by atoms with Crippen molar-refractivity contribution in [2.24, 2.45) is 0 Å². The van der Waals surface area contributed by atoms with Crippen LogP contribution in [-0.4, -0.2) is 38.0 Å². The van der Waals surface area contributed by atoms with E-state index in [9.17, 15) is 4.79 Å². The Balaban J connectivity index is 1.34. The molecule has 0 aromatic heterocycles. The van der Waals surface area contributed by atoms with Crippen LogP contribution in [0.15, 0.2) is 41.3 Å². The molecule has 1 amide bonds. The average Bonchev–Trinajstić information content (AvgIpc) is 3.14. The normalized spacial score (nSPS) is 16.0. The minimum atomic E-state index is -0.00543. The number of ether oxygens (including phenoxy) is 2. The number of benzene rings is 2. The average molecular weight is 399 g/mol. The highest BCUT2D eigenvalue weighted by Gasteiger charge is 2.15. The monoisotopic (exact) mass is 398 g/mol. The molecule has 5 nitrogen and oxygen atoms in total. The molecule has 0 atom stereocenters. The third kappa shape index (κ3) is 4.55. The maximum absolute atomic E-state index is 12.4. The lowest BCUT2D eigenvalue weighted by Gasteiger charge is -2.19. The summed E-state index contributed by atoms with van der Waals surface area (Å²) in [6, 6.07) is 12.1. The first kappa shape index (κ1) is 19.0. The summed E-state index contributed by atoms with van der Waals surface area (Å²) >= 11 is 1.50. The molecule has 6 heteroatoms. The number of carbonyl (C=O) groups excluding carboxylic acids is 1. The molecule has 0 spiro atoms. The van der Waals surface area contributed by atoms with Crippen molar-refractivity contribution in [1.82, 2.24) is 0 Å². The van der Waals surface area contributed by atoms with Gasteiger partial charge >= 0.3 is 0 Å². The minimum absolute atomic E-state index is 0.00543. The number of nitrogens with zero attached hydrogens (tertiary/aromatic N) is 1. The van der Waals surface area contributed by atoms with Gasteiger partial charge in [-0.25, -0.2) is 0 Å². The summed E-state index contributed by atoms with van der Waals surface area (Å²) in [7, 11) is 0. The van der Waals surface area contributed by atoms with Crippen molar-refractivity contribution in [1.29, 1.82) is 0 Å². The molecule has 0 unspecified atom stereocenters. The fourth-order valence-electron chi connectivity index (χ4n) is 3.53. The molecule has 2 aromatic carbocycles. The predicted molar refractivity (Wildman–Crippen MR) is 114 cm³/mol. The quantitative estimate of drug-likeness (QED) is 0.752. The first-order valence-corrected chi connectivity index (χ1v) is 10.9. The van der Waals surface area contributed by atoms with E-state index in [1.54, 1.807) is 0 Å². The van der Waals surface area contributed by atoms with Crippen molar-refractivity contribution in [2.75, 3.05) is 42.3 Å². The van der Waals surface area contributed by atoms with Crippen molar-refractivity contribution < 1.29 is 14.3 Å². The lowest BCUT2D eigenvalue weighted by Crippen LogP contribution is -2.18. The Bertz CT molecular complexity index is 850. The van der Waals surface area contributed by atoms with Gasteiger partial charge in [0.1, 0.15) is 0 Å². The predicted octanol–water partition coefficient (Wildman–Crippen LogP) is 4.49. The summed E-state index contributed by atoms with van der Waals surface area (Å²) in [6.45, 7) is 5.63. The van der Waals surface area contributed by atoms with Gasteiger partial charge < -0.3 is 19.7 Å². The van der Waals surface area contributed by atoms with E-state index in [0.717, 1.165) is 47.2 Å². The van der Waals surface area contributed by atoms with Crippen LogP contribution in [0, 0.1) is 6.92 Å². The van der Waals surface area contributed by atoms with E-state index in [1.165, 1.54) is 30.3 Å². The lowest BCUT2D eigenvalue weighted by atomic mass is 10.1. The number of carbonyl (C=O) groups is 1. The Morgan fingerprint density at radius 1 is 1.04 bits per heavy atom. The van der Waals surface area contributed by atoms with E-state index in [4.69, 9.17) is 9.47 Å². The van der Waals surface area contributed by atoms with Crippen LogP contribution in [0.3, 0.4) is 0 Å². The van der Waals surface area contributed by atoms with Crippen LogP contribution in [0.1, 0.15) is 24.8 Å². The third-order valence-corrected chi connectivity index (χ3v) is 6.04. The van der Waals surface area contributed by atoms with Crippen molar-refractivity contribution in [2.45, 2.75) is 31.1 Å². The maximum Gasteiger partial charge on any atom is 0.234 e. The molecule has 1 saturated heterocycles. The van der Waals surface area contributed by atoms with E-state index in [-0.39, 0.29) is 5.91 Å². The van der Waals surface area contributed by atoms with Gasteiger partial charge in [-0.15, -0.1) is 11.8 Å². The summed E-state index contributed by atoms with van der Waals surface area (Å²) in [6.07, 6.45) is 3.40. The van der Waals surface area contributed by atoms with Gasteiger partial charge in [0.2, 0.25) is 5.91 Å². The Morgan fingerprint density at radius 3 is 2.61 bits per heavy atom. The van der Waals surface area contributed by atoms with Crippen molar-refractivity contribution in [3.8, 4) is 11.5 Å². The van der Waals surface area contributed by atoms with Gasteiger partial charge in [-0.2, -0.15) is 0 Å². The van der Waals surface area contributed by atoms with Crippen LogP contribution in [0.4, 0.5) is 11.4 Å². The van der Waals surface area contributed by atoms with E-state index >= 15 is 0 Å². The van der Waals surface area contributed by atoms with Gasteiger partial charge in [-0.05, 0) is 61.7 Å². The summed E-state index contributed by atoms with van der Waals surface area (Å²) < 4.78 is 11.4. The van der Waals surface area contributed by atoms with Crippen LogP contribution in [0.25, 0.3) is 0 Å². The number of nitrogens with one attached hydrogen (secondary N) is 1. The Kier molecular flexibility index (Phi) is 5.95. The molecule has 0 radical (unpaired) electrons. The second-order valence-electron chi connectivity index (χ2n) is 7.19. The first-order chi connectivity index (χ1) is 13.7. The highest BCUT2D eigenvalue weighted by molar-refractivity contribution is 8.00. The molecule has 1 fully saturated rings. The van der Waals surface area contributed by atoms with Gasteiger partial charge in [0.05, 0.1) is 19.0 Å². The summed E-state index contributed by atoms with van der Waals surface area (Å²) in [5, 5.41) is 3.04. The fourth-order valence-corrected chi connectivity index (χ4v) is 4.25. The number of hydrogen-bond donors (Lipinski definition) is 1. The smallest absolute Gasteiger partial charge is 0.234 e. The number of thioether (sulfide) groups is 1. The molecule has 2 aliphatic heterocycles. The van der Waals surface area contributed by atoms with E-state index in [1.807, 2.05) is 31.2 Å². The maximum atomic E-state index is 12.4. The zero-order valence-electron chi connectivity index (χ0n) is 16.2. The van der Waals surface area contributed by atoms with Gasteiger partial charge in [-0.3, -0.25) is 4.79 Å². The summed E-state index contributed by atoms with van der Waals surface area (Å²) in [4.78, 5) is 15.8. The van der Waals surface area contributed by atoms with Gasteiger partial charge in [-0.1, -0.05) is 0 Å². The Hall–Kier alpha value is -2.34. The molecule has 0 aliphatic carbocycles. The first-order valence-electron chi connectivity index (χ1n) is 9.87. The molecule has 2 aromatic rings. The van der Waals surface area contributed by atoms with Gasteiger partial charge in [0.25, 0.3) is 0 Å². The number of aryl methyl sites for hydroxylation is 1. The molecular formula is C22H26N2O3S. The Labute approximate surface area is 170 Å². The number of hydrogen-bond acceptors (Lipinski definition) is 5. The highest BCUT2D eigenvalue weighted by atomic mass is 32.2. The Morgan fingerprint density at radius 2 is 1.82 bits per heavy atom. The van der Waals surface area contributed by atoms with E-state index in [2.05, 4.69) is 22.3 Å². The molecule has 2 aliphatic rings. The van der Waals surface area contributed by atoms with Crippen LogP contribution in [0.2, 0.25) is 0 Å². The molecular weight excluding hydrogens is 372 g/mol. The van der Waals surface area contributed by atoms with Crippen molar-refractivity contribution in [3.05, 3.63) is 42.0 Å². The third-order valence-electron chi connectivity index (χ3n) is 5.04. The van der Waals surface area contributed by atoms with Crippen LogP contribution in [0.5, 0.6) is 11.5 Å². The largest absolute Gasteiger partial charge is 0.490 e. The second kappa shape index (κ2) is 8.78. The molecule has 28 heavy (non-hydrogen) atoms. The van der Waals surface area contributed by atoms with Gasteiger partial charge in [0, 0.05) is 35.8 Å². The number of anilines is 2. The van der Waals surface area contributed by atoms with Crippen molar-refractivity contribution >= 4 is 29.0 Å². The fraction of sp³-hybridized carbons (Fsp3) is 0.409. The van der Waals surface area contributed by atoms with E-state index < -0.39 is 0 Å². The number of amides is 1.